The van der Waals surface area contributed by atoms with Crippen LogP contribution < -0.4 is 9.47 Å². The van der Waals surface area contributed by atoms with Crippen LogP contribution in [0.4, 0.5) is 0 Å². The molecular weight excluding hydrogens is 368 g/mol. The fourth-order valence-electron chi connectivity index (χ4n) is 3.13. The number of aromatic nitrogens is 1. The molecule has 0 bridgehead atoms. The smallest absolute Gasteiger partial charge is 0.127 e. The summed E-state index contributed by atoms with van der Waals surface area (Å²) in [6.45, 7) is 2.47. The largest absolute Gasteiger partial charge is 0.497 e. The van der Waals surface area contributed by atoms with Crippen molar-refractivity contribution >= 4 is 11.8 Å². The normalized spacial score (nSPS) is 10.9. The van der Waals surface area contributed by atoms with Gasteiger partial charge in [-0.25, -0.2) is 0 Å². The Bertz CT molecular complexity index is 870. The minimum absolute atomic E-state index is 0.778. The second-order valence-electron chi connectivity index (χ2n) is 6.53. The molecule has 3 aromatic rings. The van der Waals surface area contributed by atoms with Gasteiger partial charge in [0.05, 0.1) is 14.2 Å². The molecule has 0 spiro atoms. The Morgan fingerprint density at radius 3 is 2.11 bits per heavy atom. The highest BCUT2D eigenvalue weighted by Crippen LogP contribution is 2.27. The number of benzene rings is 2. The van der Waals surface area contributed by atoms with Crippen LogP contribution in [-0.4, -0.2) is 30.4 Å². The Morgan fingerprint density at radius 2 is 1.50 bits per heavy atom. The topological polar surface area (TPSA) is 34.6 Å². The number of ether oxygens (including phenoxy) is 2. The number of pyridine rings is 1. The lowest BCUT2D eigenvalue weighted by molar-refractivity contribution is 0.243. The van der Waals surface area contributed by atoms with Gasteiger partial charge in [-0.3, -0.25) is 9.88 Å². The third kappa shape index (κ3) is 5.50. The molecular formula is C23H26N2O2S. The molecule has 0 radical (unpaired) electrons. The van der Waals surface area contributed by atoms with Gasteiger partial charge in [0.25, 0.3) is 0 Å². The quantitative estimate of drug-likeness (QED) is 0.476. The van der Waals surface area contributed by atoms with Gasteiger partial charge in [-0.1, -0.05) is 18.2 Å². The van der Waals surface area contributed by atoms with Crippen LogP contribution in [-0.2, 0) is 19.6 Å². The lowest BCUT2D eigenvalue weighted by Crippen LogP contribution is -2.22. The van der Waals surface area contributed by atoms with Crippen molar-refractivity contribution in [3.63, 3.8) is 0 Å². The molecule has 4 nitrogen and oxygen atoms in total. The Labute approximate surface area is 171 Å². The van der Waals surface area contributed by atoms with E-state index in [-0.39, 0.29) is 0 Å². The van der Waals surface area contributed by atoms with Gasteiger partial charge in [-0.2, -0.15) is 0 Å². The van der Waals surface area contributed by atoms with E-state index in [4.69, 9.17) is 9.47 Å². The van der Waals surface area contributed by atoms with Crippen molar-refractivity contribution in [3.8, 4) is 11.5 Å². The van der Waals surface area contributed by atoms with Gasteiger partial charge in [0, 0.05) is 48.6 Å². The van der Waals surface area contributed by atoms with Crippen LogP contribution in [0.1, 0.15) is 16.7 Å². The van der Waals surface area contributed by atoms with Gasteiger partial charge in [0.15, 0.2) is 0 Å². The number of rotatable bonds is 9. The lowest BCUT2D eigenvalue weighted by Gasteiger charge is -2.24. The van der Waals surface area contributed by atoms with Crippen molar-refractivity contribution in [1.29, 1.82) is 0 Å². The van der Waals surface area contributed by atoms with E-state index in [1.54, 1.807) is 26.0 Å². The van der Waals surface area contributed by atoms with Crippen molar-refractivity contribution in [2.45, 2.75) is 24.5 Å². The zero-order valence-electron chi connectivity index (χ0n) is 16.6. The second kappa shape index (κ2) is 10.2. The number of hydrogen-bond acceptors (Lipinski definition) is 5. The first-order valence-corrected chi connectivity index (χ1v) is 10.4. The summed E-state index contributed by atoms with van der Waals surface area (Å²) < 4.78 is 10.9. The molecule has 0 atom stereocenters. The monoisotopic (exact) mass is 394 g/mol. The molecule has 146 valence electrons. The van der Waals surface area contributed by atoms with Gasteiger partial charge in [-0.15, -0.1) is 11.8 Å². The number of hydrogen-bond donors (Lipinski definition) is 0. The molecule has 5 heteroatoms. The third-order valence-corrected chi connectivity index (χ3v) is 5.35. The highest BCUT2D eigenvalue weighted by atomic mass is 32.2. The van der Waals surface area contributed by atoms with E-state index < -0.39 is 0 Å². The molecule has 0 N–H and O–H groups in total. The summed E-state index contributed by atoms with van der Waals surface area (Å²) in [4.78, 5) is 7.82. The summed E-state index contributed by atoms with van der Waals surface area (Å²) >= 11 is 1.76. The van der Waals surface area contributed by atoms with E-state index in [1.807, 2.05) is 24.5 Å². The van der Waals surface area contributed by atoms with Crippen LogP contribution in [0.5, 0.6) is 11.5 Å². The predicted molar refractivity (Wildman–Crippen MR) is 115 cm³/mol. The SMILES string of the molecule is COc1ccc(CN(Cc2ccncc2)Cc2ccc(SC)cc2)c(OC)c1. The molecule has 0 saturated carbocycles. The standard InChI is InChI=1S/C23H26N2O2S/c1-26-21-7-6-20(23(14-21)27-2)17-25(16-19-10-12-24-13-11-19)15-18-4-8-22(28-3)9-5-18/h4-14H,15-17H2,1-3H3. The van der Waals surface area contributed by atoms with Crippen LogP contribution in [0.15, 0.2) is 71.9 Å². The molecule has 0 saturated heterocycles. The Kier molecular flexibility index (Phi) is 7.34. The molecule has 2 aromatic carbocycles. The van der Waals surface area contributed by atoms with E-state index in [1.165, 1.54) is 16.0 Å². The molecule has 0 aliphatic carbocycles. The molecule has 0 fully saturated rings. The summed E-state index contributed by atoms with van der Waals surface area (Å²) in [5, 5.41) is 0. The molecule has 0 aliphatic rings. The zero-order chi connectivity index (χ0) is 19.8. The van der Waals surface area contributed by atoms with Gasteiger partial charge in [-0.05, 0) is 47.7 Å². The van der Waals surface area contributed by atoms with E-state index in [0.717, 1.165) is 36.7 Å². The van der Waals surface area contributed by atoms with Crippen LogP contribution in [0, 0.1) is 0 Å². The first kappa shape index (κ1) is 20.2. The first-order chi connectivity index (χ1) is 13.7. The van der Waals surface area contributed by atoms with Crippen molar-refractivity contribution in [1.82, 2.24) is 9.88 Å². The molecule has 0 unspecified atom stereocenters. The molecule has 28 heavy (non-hydrogen) atoms. The Balaban J connectivity index is 1.83. The first-order valence-electron chi connectivity index (χ1n) is 9.17. The van der Waals surface area contributed by atoms with Crippen molar-refractivity contribution in [3.05, 3.63) is 83.7 Å². The van der Waals surface area contributed by atoms with Crippen molar-refractivity contribution in [2.75, 3.05) is 20.5 Å². The Hall–Kier alpha value is -2.50. The van der Waals surface area contributed by atoms with Crippen molar-refractivity contribution in [2.24, 2.45) is 0 Å². The van der Waals surface area contributed by atoms with Crippen LogP contribution in [0.2, 0.25) is 0 Å². The Morgan fingerprint density at radius 1 is 0.821 bits per heavy atom. The third-order valence-electron chi connectivity index (χ3n) is 4.61. The highest BCUT2D eigenvalue weighted by molar-refractivity contribution is 7.98. The van der Waals surface area contributed by atoms with Gasteiger partial charge in [0.1, 0.15) is 11.5 Å². The fourth-order valence-corrected chi connectivity index (χ4v) is 3.53. The average molecular weight is 395 g/mol. The number of nitrogens with zero attached hydrogens (tertiary/aromatic N) is 2. The zero-order valence-corrected chi connectivity index (χ0v) is 17.4. The maximum atomic E-state index is 5.60. The molecule has 1 aromatic heterocycles. The maximum Gasteiger partial charge on any atom is 0.127 e. The van der Waals surface area contributed by atoms with Gasteiger partial charge >= 0.3 is 0 Å². The fraction of sp³-hybridized carbons (Fsp3) is 0.261. The average Bonchev–Trinajstić information content (AvgIpc) is 2.75. The van der Waals surface area contributed by atoms with Crippen LogP contribution in [0.25, 0.3) is 0 Å². The summed E-state index contributed by atoms with van der Waals surface area (Å²) in [6, 6.07) is 18.9. The minimum atomic E-state index is 0.778. The van der Waals surface area contributed by atoms with E-state index in [2.05, 4.69) is 58.6 Å². The van der Waals surface area contributed by atoms with Crippen LogP contribution >= 0.6 is 11.8 Å². The van der Waals surface area contributed by atoms with Crippen LogP contribution in [0.3, 0.4) is 0 Å². The number of thioether (sulfide) groups is 1. The number of methoxy groups -OCH3 is 2. The molecule has 0 aliphatic heterocycles. The summed E-state index contributed by atoms with van der Waals surface area (Å²) in [6.07, 6.45) is 5.78. The predicted octanol–water partition coefficient (Wildman–Crippen LogP) is 5.02. The summed E-state index contributed by atoms with van der Waals surface area (Å²) in [5.41, 5.74) is 3.67. The van der Waals surface area contributed by atoms with E-state index in [9.17, 15) is 0 Å². The molecule has 0 amide bonds. The molecule has 1 heterocycles. The molecule has 3 rings (SSSR count). The highest BCUT2D eigenvalue weighted by Gasteiger charge is 2.13. The van der Waals surface area contributed by atoms with Gasteiger partial charge < -0.3 is 9.47 Å². The minimum Gasteiger partial charge on any atom is -0.497 e. The maximum absolute atomic E-state index is 5.60. The van der Waals surface area contributed by atoms with E-state index in [0.29, 0.717) is 0 Å². The second-order valence-corrected chi connectivity index (χ2v) is 7.41. The summed E-state index contributed by atoms with van der Waals surface area (Å²) in [5.74, 6) is 1.64. The van der Waals surface area contributed by atoms with Crippen molar-refractivity contribution < 1.29 is 9.47 Å². The van der Waals surface area contributed by atoms with E-state index >= 15 is 0 Å². The summed E-state index contributed by atoms with van der Waals surface area (Å²) in [7, 11) is 3.37. The lowest BCUT2D eigenvalue weighted by atomic mass is 10.1. The van der Waals surface area contributed by atoms with Gasteiger partial charge in [0.2, 0.25) is 0 Å².